The lowest BCUT2D eigenvalue weighted by Gasteiger charge is -2.07. The Bertz CT molecular complexity index is 703. The molecule has 0 radical (unpaired) electrons. The van der Waals surface area contributed by atoms with Gasteiger partial charge in [0.15, 0.2) is 5.69 Å². The first kappa shape index (κ1) is 14.4. The lowest BCUT2D eigenvalue weighted by molar-refractivity contribution is -0.146. The first-order valence-corrected chi connectivity index (χ1v) is 5.90. The Kier molecular flexibility index (Phi) is 4.13. The van der Waals surface area contributed by atoms with E-state index in [0.717, 1.165) is 6.92 Å². The number of nitrogens with one attached hydrogen (secondary N) is 1. The van der Waals surface area contributed by atoms with Crippen LogP contribution in [0.25, 0.3) is 11.1 Å². The molecule has 2 N–H and O–H groups in total. The molecule has 2 rings (SSSR count). The number of halogens is 1. The predicted molar refractivity (Wildman–Crippen MR) is 70.5 cm³/mol. The van der Waals surface area contributed by atoms with E-state index >= 15 is 0 Å². The molecule has 2 aromatic rings. The van der Waals surface area contributed by atoms with Gasteiger partial charge in [-0.3, -0.25) is 9.59 Å². The Morgan fingerprint density at radius 3 is 2.67 bits per heavy atom. The van der Waals surface area contributed by atoms with Crippen LogP contribution in [0.1, 0.15) is 17.4 Å². The maximum Gasteiger partial charge on any atom is 0.329 e. The fourth-order valence-electron chi connectivity index (χ4n) is 1.62. The molecule has 0 spiro atoms. The van der Waals surface area contributed by atoms with Crippen molar-refractivity contribution < 1.29 is 23.9 Å². The number of amides is 1. The van der Waals surface area contributed by atoms with Crippen LogP contribution in [0.15, 0.2) is 36.5 Å². The zero-order chi connectivity index (χ0) is 15.4. The number of nitrogens with zero attached hydrogens (tertiary/aromatic N) is 1. The highest BCUT2D eigenvalue weighted by Gasteiger charge is 2.15. The van der Waals surface area contributed by atoms with Gasteiger partial charge in [-0.2, -0.15) is 5.48 Å². The normalized spacial score (nSPS) is 10.0. The molecule has 1 aromatic carbocycles. The number of carbonyl (C=O) groups is 2. The molecular weight excluding hydrogens is 279 g/mol. The Balaban J connectivity index is 2.25. The topological polar surface area (TPSA) is 88.5 Å². The monoisotopic (exact) mass is 290 g/mol. The highest BCUT2D eigenvalue weighted by Crippen LogP contribution is 2.25. The number of hydroxylamine groups is 1. The van der Waals surface area contributed by atoms with Gasteiger partial charge in [-0.05, 0) is 23.8 Å². The van der Waals surface area contributed by atoms with Gasteiger partial charge >= 0.3 is 11.9 Å². The lowest BCUT2D eigenvalue weighted by atomic mass is 10.1. The summed E-state index contributed by atoms with van der Waals surface area (Å²) in [4.78, 5) is 30.3. The van der Waals surface area contributed by atoms with Crippen LogP contribution in [-0.4, -0.2) is 22.0 Å². The molecule has 0 saturated carbocycles. The summed E-state index contributed by atoms with van der Waals surface area (Å²) in [5.74, 6) is -2.42. The Morgan fingerprint density at radius 2 is 2.05 bits per heavy atom. The zero-order valence-corrected chi connectivity index (χ0v) is 11.0. The van der Waals surface area contributed by atoms with Crippen molar-refractivity contribution in [2.75, 3.05) is 0 Å². The van der Waals surface area contributed by atoms with Crippen LogP contribution in [0, 0.1) is 5.82 Å². The third kappa shape index (κ3) is 3.53. The molecule has 7 heteroatoms. The molecular formula is C14H11FN2O4. The summed E-state index contributed by atoms with van der Waals surface area (Å²) in [6.45, 7) is 1.11. The van der Waals surface area contributed by atoms with Crippen molar-refractivity contribution in [3.8, 4) is 16.9 Å². The van der Waals surface area contributed by atoms with Crippen molar-refractivity contribution >= 4 is 11.9 Å². The van der Waals surface area contributed by atoms with E-state index in [1.165, 1.54) is 30.5 Å². The average Bonchev–Trinajstić information content (AvgIpc) is 2.44. The van der Waals surface area contributed by atoms with Gasteiger partial charge in [-0.25, -0.2) is 9.37 Å². The molecule has 0 bridgehead atoms. The molecule has 0 aliphatic carbocycles. The van der Waals surface area contributed by atoms with E-state index in [1.54, 1.807) is 6.07 Å². The van der Waals surface area contributed by atoms with E-state index in [2.05, 4.69) is 9.82 Å². The summed E-state index contributed by atoms with van der Waals surface area (Å²) < 4.78 is 13.1. The van der Waals surface area contributed by atoms with Crippen molar-refractivity contribution in [1.29, 1.82) is 0 Å². The number of hydrogen-bond acceptors (Lipinski definition) is 5. The average molecular weight is 290 g/mol. The molecule has 1 heterocycles. The zero-order valence-electron chi connectivity index (χ0n) is 11.0. The number of carbonyl (C=O) groups excluding carboxylic acids is 2. The molecule has 0 aliphatic rings. The minimum atomic E-state index is -0.867. The molecule has 21 heavy (non-hydrogen) atoms. The molecule has 6 nitrogen and oxygen atoms in total. The van der Waals surface area contributed by atoms with E-state index in [9.17, 15) is 19.1 Å². The highest BCUT2D eigenvalue weighted by atomic mass is 19.1. The summed E-state index contributed by atoms with van der Waals surface area (Å²) in [5, 5.41) is 9.80. The summed E-state index contributed by atoms with van der Waals surface area (Å²) in [6.07, 6.45) is 1.30. The quantitative estimate of drug-likeness (QED) is 0.823. The molecule has 1 amide bonds. The number of hydrogen-bond donors (Lipinski definition) is 2. The van der Waals surface area contributed by atoms with Gasteiger partial charge in [0.05, 0.1) is 0 Å². The van der Waals surface area contributed by atoms with E-state index in [4.69, 9.17) is 0 Å². The smallest absolute Gasteiger partial charge is 0.329 e. The van der Waals surface area contributed by atoms with Crippen molar-refractivity contribution in [3.05, 3.63) is 48.0 Å². The van der Waals surface area contributed by atoms with Crippen LogP contribution < -0.4 is 5.48 Å². The summed E-state index contributed by atoms with van der Waals surface area (Å²) in [7, 11) is 0. The van der Waals surface area contributed by atoms with Gasteiger partial charge < -0.3 is 9.94 Å². The largest absolute Gasteiger partial charge is 0.505 e. The predicted octanol–water partition coefficient (Wildman–Crippen LogP) is 1.80. The van der Waals surface area contributed by atoms with Crippen LogP contribution in [-0.2, 0) is 9.63 Å². The minimum Gasteiger partial charge on any atom is -0.505 e. The Morgan fingerprint density at radius 1 is 1.29 bits per heavy atom. The number of pyridine rings is 1. The molecule has 0 atom stereocenters. The maximum absolute atomic E-state index is 13.1. The van der Waals surface area contributed by atoms with E-state index in [-0.39, 0.29) is 5.69 Å². The number of benzene rings is 1. The van der Waals surface area contributed by atoms with Crippen LogP contribution >= 0.6 is 0 Å². The molecule has 1 aromatic heterocycles. The van der Waals surface area contributed by atoms with Crippen LogP contribution in [0.2, 0.25) is 0 Å². The third-order valence-corrected chi connectivity index (χ3v) is 2.53. The van der Waals surface area contributed by atoms with Gasteiger partial charge in [-0.1, -0.05) is 12.1 Å². The minimum absolute atomic E-state index is 0.309. The first-order chi connectivity index (χ1) is 9.97. The second-order valence-electron chi connectivity index (χ2n) is 4.13. The number of aromatic nitrogens is 1. The van der Waals surface area contributed by atoms with Crippen LogP contribution in [0.4, 0.5) is 4.39 Å². The summed E-state index contributed by atoms with van der Waals surface area (Å²) in [5.41, 5.74) is 2.47. The molecule has 0 saturated heterocycles. The van der Waals surface area contributed by atoms with Crippen molar-refractivity contribution in [2.45, 2.75) is 6.92 Å². The molecule has 0 fully saturated rings. The summed E-state index contributed by atoms with van der Waals surface area (Å²) >= 11 is 0. The van der Waals surface area contributed by atoms with E-state index in [0.29, 0.717) is 11.1 Å². The van der Waals surface area contributed by atoms with Crippen molar-refractivity contribution in [1.82, 2.24) is 10.5 Å². The van der Waals surface area contributed by atoms with Crippen molar-refractivity contribution in [3.63, 3.8) is 0 Å². The van der Waals surface area contributed by atoms with Gasteiger partial charge in [0.25, 0.3) is 0 Å². The highest BCUT2D eigenvalue weighted by molar-refractivity contribution is 5.95. The number of rotatable bonds is 2. The molecule has 108 valence electrons. The van der Waals surface area contributed by atoms with E-state index in [1.807, 2.05) is 5.48 Å². The van der Waals surface area contributed by atoms with Gasteiger partial charge in [0, 0.05) is 18.7 Å². The first-order valence-electron chi connectivity index (χ1n) is 5.90. The Labute approximate surface area is 119 Å². The lowest BCUT2D eigenvalue weighted by Crippen LogP contribution is -2.26. The fraction of sp³-hybridized carbons (Fsp3) is 0.0714. The van der Waals surface area contributed by atoms with Gasteiger partial charge in [0.1, 0.15) is 11.6 Å². The molecule has 0 unspecified atom stereocenters. The van der Waals surface area contributed by atoms with Gasteiger partial charge in [0.2, 0.25) is 0 Å². The Hall–Kier alpha value is -2.96. The standard InChI is InChI=1S/C14H11FN2O4/c1-8(18)21-17-14(20)13-12(19)6-10(7-16-13)9-3-2-4-11(15)5-9/h2-7,19H,1H3,(H,17,20). The van der Waals surface area contributed by atoms with Gasteiger partial charge in [-0.15, -0.1) is 0 Å². The molecule has 0 aliphatic heterocycles. The maximum atomic E-state index is 13.1. The summed E-state index contributed by atoms with van der Waals surface area (Å²) in [6, 6.07) is 6.98. The van der Waals surface area contributed by atoms with Crippen molar-refractivity contribution in [2.24, 2.45) is 0 Å². The second-order valence-corrected chi connectivity index (χ2v) is 4.13. The fourth-order valence-corrected chi connectivity index (χ4v) is 1.62. The second kappa shape index (κ2) is 6.00. The third-order valence-electron chi connectivity index (χ3n) is 2.53. The van der Waals surface area contributed by atoms with Crippen LogP contribution in [0.5, 0.6) is 5.75 Å². The van der Waals surface area contributed by atoms with Crippen LogP contribution in [0.3, 0.4) is 0 Å². The SMILES string of the molecule is CC(=O)ONC(=O)c1ncc(-c2cccc(F)c2)cc1O. The van der Waals surface area contributed by atoms with E-state index < -0.39 is 23.4 Å². The number of aromatic hydroxyl groups is 1.